The van der Waals surface area contributed by atoms with Crippen LogP contribution in [0.25, 0.3) is 0 Å². The number of Topliss-reactive ketones (excluding diaryl/α,β-unsaturated/α-hetero) is 1. The van der Waals surface area contributed by atoms with Gasteiger partial charge in [-0.25, -0.2) is 0 Å². The lowest BCUT2D eigenvalue weighted by molar-refractivity contribution is 0.0676. The van der Waals surface area contributed by atoms with Crippen molar-refractivity contribution in [3.63, 3.8) is 0 Å². The highest BCUT2D eigenvalue weighted by Crippen LogP contribution is 2.30. The van der Waals surface area contributed by atoms with E-state index in [1.807, 2.05) is 17.0 Å². The maximum atomic E-state index is 12.9. The smallest absolute Gasteiger partial charge is 0.255 e. The van der Waals surface area contributed by atoms with Crippen LogP contribution in [-0.2, 0) is 0 Å². The molecule has 3 rings (SSSR count). The number of fused-ring (bicyclic) bond motifs is 2. The van der Waals surface area contributed by atoms with Crippen LogP contribution in [0.3, 0.4) is 0 Å². The second-order valence-corrected chi connectivity index (χ2v) is 5.69. The summed E-state index contributed by atoms with van der Waals surface area (Å²) in [6, 6.07) is 7.76. The second-order valence-electron chi connectivity index (χ2n) is 5.69. The number of carbonyl (C=O) groups is 2. The van der Waals surface area contributed by atoms with Gasteiger partial charge < -0.3 is 10.2 Å². The normalized spacial score (nSPS) is 25.4. The molecule has 0 aliphatic carbocycles. The van der Waals surface area contributed by atoms with Gasteiger partial charge in [-0.3, -0.25) is 9.59 Å². The molecule has 1 amide bonds. The number of hydrogen-bond donors (Lipinski definition) is 1. The van der Waals surface area contributed by atoms with Gasteiger partial charge in [-0.15, -0.1) is 0 Å². The molecule has 4 nitrogen and oxygen atoms in total. The van der Waals surface area contributed by atoms with Gasteiger partial charge in [0.2, 0.25) is 0 Å². The molecule has 2 heterocycles. The van der Waals surface area contributed by atoms with Crippen LogP contribution >= 0.6 is 0 Å². The van der Waals surface area contributed by atoms with E-state index in [2.05, 4.69) is 5.32 Å². The molecule has 2 atom stereocenters. The zero-order valence-electron chi connectivity index (χ0n) is 11.8. The molecule has 2 unspecified atom stereocenters. The summed E-state index contributed by atoms with van der Waals surface area (Å²) in [6.07, 6.45) is 3.15. The van der Waals surface area contributed by atoms with E-state index < -0.39 is 0 Å². The fourth-order valence-electron chi connectivity index (χ4n) is 3.43. The average Bonchev–Trinajstić information content (AvgIpc) is 2.71. The van der Waals surface area contributed by atoms with E-state index in [1.54, 1.807) is 12.1 Å². The van der Waals surface area contributed by atoms with Crippen LogP contribution in [0.2, 0.25) is 0 Å². The molecule has 106 valence electrons. The first kappa shape index (κ1) is 13.3. The average molecular weight is 272 g/mol. The van der Waals surface area contributed by atoms with E-state index in [1.165, 1.54) is 6.92 Å². The number of nitrogens with zero attached hydrogens (tertiary/aromatic N) is 1. The molecule has 0 saturated carbocycles. The van der Waals surface area contributed by atoms with Crippen molar-refractivity contribution in [2.24, 2.45) is 0 Å². The van der Waals surface area contributed by atoms with Crippen molar-refractivity contribution < 1.29 is 9.59 Å². The Morgan fingerprint density at radius 3 is 2.55 bits per heavy atom. The molecule has 0 aromatic heterocycles. The first-order valence-electron chi connectivity index (χ1n) is 7.32. The van der Waals surface area contributed by atoms with Crippen LogP contribution in [0.4, 0.5) is 0 Å². The first-order valence-corrected chi connectivity index (χ1v) is 7.32. The Bertz CT molecular complexity index is 527. The number of rotatable bonds is 2. The number of benzene rings is 1. The van der Waals surface area contributed by atoms with Crippen molar-refractivity contribution in [3.05, 3.63) is 35.4 Å². The SMILES string of the molecule is CC(=O)c1ccccc1C(=O)N1C2CCNCC1CC2. The summed E-state index contributed by atoms with van der Waals surface area (Å²) >= 11 is 0. The quantitative estimate of drug-likeness (QED) is 0.836. The Balaban J connectivity index is 1.95. The monoisotopic (exact) mass is 272 g/mol. The summed E-state index contributed by atoms with van der Waals surface area (Å²) in [4.78, 5) is 26.6. The van der Waals surface area contributed by atoms with E-state index >= 15 is 0 Å². The number of ketones is 1. The van der Waals surface area contributed by atoms with Crippen LogP contribution in [0.1, 0.15) is 46.9 Å². The van der Waals surface area contributed by atoms with Gasteiger partial charge >= 0.3 is 0 Å². The Hall–Kier alpha value is -1.68. The minimum atomic E-state index is -0.0470. The molecule has 2 aliphatic rings. The molecule has 2 saturated heterocycles. The van der Waals surface area contributed by atoms with Crippen molar-refractivity contribution in [2.45, 2.75) is 38.3 Å². The maximum absolute atomic E-state index is 12.9. The number of hydrogen-bond acceptors (Lipinski definition) is 3. The van der Waals surface area contributed by atoms with Crippen LogP contribution in [0.5, 0.6) is 0 Å². The number of carbonyl (C=O) groups excluding carboxylic acids is 2. The Morgan fingerprint density at radius 2 is 1.80 bits per heavy atom. The minimum Gasteiger partial charge on any atom is -0.331 e. The van der Waals surface area contributed by atoms with E-state index in [9.17, 15) is 9.59 Å². The van der Waals surface area contributed by atoms with Gasteiger partial charge in [-0.2, -0.15) is 0 Å². The molecule has 2 fully saturated rings. The first-order chi connectivity index (χ1) is 9.68. The summed E-state index contributed by atoms with van der Waals surface area (Å²) in [5.41, 5.74) is 1.09. The van der Waals surface area contributed by atoms with Crippen LogP contribution in [0.15, 0.2) is 24.3 Å². The lowest BCUT2D eigenvalue weighted by atomic mass is 10.0. The summed E-state index contributed by atoms with van der Waals surface area (Å²) in [5, 5.41) is 3.39. The molecule has 4 heteroatoms. The molecule has 0 radical (unpaired) electrons. The molecule has 2 aliphatic heterocycles. The fourth-order valence-corrected chi connectivity index (χ4v) is 3.43. The Morgan fingerprint density at radius 1 is 1.10 bits per heavy atom. The van der Waals surface area contributed by atoms with Crippen LogP contribution in [-0.4, -0.2) is 41.8 Å². The third kappa shape index (κ3) is 2.24. The molecule has 2 bridgehead atoms. The Labute approximate surface area is 119 Å². The minimum absolute atomic E-state index is 0.0204. The topological polar surface area (TPSA) is 49.4 Å². The maximum Gasteiger partial charge on any atom is 0.255 e. The van der Waals surface area contributed by atoms with E-state index in [-0.39, 0.29) is 17.7 Å². The highest BCUT2D eigenvalue weighted by molar-refractivity contribution is 6.07. The zero-order chi connectivity index (χ0) is 14.1. The van der Waals surface area contributed by atoms with Gasteiger partial charge in [0.05, 0.1) is 5.56 Å². The van der Waals surface area contributed by atoms with E-state index in [4.69, 9.17) is 0 Å². The second kappa shape index (κ2) is 5.37. The molecule has 20 heavy (non-hydrogen) atoms. The third-order valence-corrected chi connectivity index (χ3v) is 4.43. The van der Waals surface area contributed by atoms with Crippen molar-refractivity contribution >= 4 is 11.7 Å². The number of nitrogens with one attached hydrogen (secondary N) is 1. The predicted molar refractivity (Wildman–Crippen MR) is 76.9 cm³/mol. The highest BCUT2D eigenvalue weighted by Gasteiger charge is 2.38. The summed E-state index contributed by atoms with van der Waals surface area (Å²) in [6.45, 7) is 3.36. The number of amides is 1. The van der Waals surface area contributed by atoms with Crippen molar-refractivity contribution in [1.29, 1.82) is 0 Å². The van der Waals surface area contributed by atoms with E-state index in [0.717, 1.165) is 32.4 Å². The van der Waals surface area contributed by atoms with Crippen LogP contribution < -0.4 is 5.32 Å². The summed E-state index contributed by atoms with van der Waals surface area (Å²) < 4.78 is 0. The third-order valence-electron chi connectivity index (χ3n) is 4.43. The van der Waals surface area contributed by atoms with Gasteiger partial charge in [0.25, 0.3) is 5.91 Å². The van der Waals surface area contributed by atoms with Crippen LogP contribution in [0, 0.1) is 0 Å². The van der Waals surface area contributed by atoms with Crippen molar-refractivity contribution in [2.75, 3.05) is 13.1 Å². The van der Waals surface area contributed by atoms with Crippen molar-refractivity contribution in [3.8, 4) is 0 Å². The summed E-state index contributed by atoms with van der Waals surface area (Å²) in [7, 11) is 0. The summed E-state index contributed by atoms with van der Waals surface area (Å²) in [5.74, 6) is -0.0266. The zero-order valence-corrected chi connectivity index (χ0v) is 11.8. The van der Waals surface area contributed by atoms with Gasteiger partial charge in [0, 0.05) is 24.2 Å². The van der Waals surface area contributed by atoms with Crippen molar-refractivity contribution in [1.82, 2.24) is 10.2 Å². The lowest BCUT2D eigenvalue weighted by Gasteiger charge is -2.28. The fraction of sp³-hybridized carbons (Fsp3) is 0.500. The van der Waals surface area contributed by atoms with Gasteiger partial charge in [-0.05, 0) is 38.8 Å². The van der Waals surface area contributed by atoms with E-state index in [0.29, 0.717) is 17.2 Å². The molecule has 1 aromatic carbocycles. The largest absolute Gasteiger partial charge is 0.331 e. The predicted octanol–water partition coefficient (Wildman–Crippen LogP) is 1.86. The van der Waals surface area contributed by atoms with Gasteiger partial charge in [0.1, 0.15) is 0 Å². The molecular weight excluding hydrogens is 252 g/mol. The standard InChI is InChI=1S/C16H20N2O2/c1-11(19)14-4-2-3-5-15(14)16(20)18-12-6-7-13(18)10-17-9-8-12/h2-5,12-13,17H,6-10H2,1H3. The molecule has 0 spiro atoms. The van der Waals surface area contributed by atoms with Gasteiger partial charge in [0.15, 0.2) is 5.78 Å². The molecule has 1 N–H and O–H groups in total. The molecule has 1 aromatic rings. The Kier molecular flexibility index (Phi) is 3.57. The highest BCUT2D eigenvalue weighted by atomic mass is 16.2. The lowest BCUT2D eigenvalue weighted by Crippen LogP contribution is -2.43. The van der Waals surface area contributed by atoms with Gasteiger partial charge in [-0.1, -0.05) is 18.2 Å². The molecular formula is C16H20N2O2.